The van der Waals surface area contributed by atoms with Crippen molar-refractivity contribution in [2.75, 3.05) is 0 Å². The summed E-state index contributed by atoms with van der Waals surface area (Å²) >= 11 is 2.74. The lowest BCUT2D eigenvalue weighted by atomic mass is 10.2. The fraction of sp³-hybridized carbons (Fsp3) is 0.154. The molecular weight excluding hydrogens is 323 g/mol. The van der Waals surface area contributed by atoms with Gasteiger partial charge in [-0.15, -0.1) is 15.3 Å². The van der Waals surface area contributed by atoms with Crippen molar-refractivity contribution in [3.63, 3.8) is 0 Å². The number of hydrogen-bond donors (Lipinski definition) is 0. The minimum atomic E-state index is -0.239. The highest BCUT2D eigenvalue weighted by molar-refractivity contribution is 7.16. The second-order valence-electron chi connectivity index (χ2n) is 4.70. The summed E-state index contributed by atoms with van der Waals surface area (Å²) in [5.74, 6) is 0.418. The molecule has 0 bridgehead atoms. The smallest absolute Gasteiger partial charge is 0.207 e. The van der Waals surface area contributed by atoms with Gasteiger partial charge in [-0.05, 0) is 36.2 Å². The highest BCUT2D eigenvalue weighted by Gasteiger charge is 2.17. The van der Waals surface area contributed by atoms with Gasteiger partial charge in [0.25, 0.3) is 0 Å². The molecule has 4 aromatic rings. The van der Waals surface area contributed by atoms with E-state index in [2.05, 4.69) is 24.9 Å². The van der Waals surface area contributed by atoms with E-state index in [9.17, 15) is 4.39 Å². The van der Waals surface area contributed by atoms with Crippen LogP contribution in [0.4, 0.5) is 4.39 Å². The first-order chi connectivity index (χ1) is 10.7. The van der Waals surface area contributed by atoms with Gasteiger partial charge in [-0.3, -0.25) is 0 Å². The van der Waals surface area contributed by atoms with E-state index < -0.39 is 0 Å². The zero-order chi connectivity index (χ0) is 15.1. The van der Waals surface area contributed by atoms with Gasteiger partial charge < -0.3 is 0 Å². The summed E-state index contributed by atoms with van der Waals surface area (Å²) in [4.78, 5) is 1.59. The summed E-state index contributed by atoms with van der Waals surface area (Å²) in [6.45, 7) is 1.88. The molecule has 0 aliphatic carbocycles. The summed E-state index contributed by atoms with van der Waals surface area (Å²) in [5, 5.41) is 17.8. The van der Waals surface area contributed by atoms with Crippen LogP contribution in [0.5, 0.6) is 0 Å². The van der Waals surface area contributed by atoms with Crippen LogP contribution in [-0.4, -0.2) is 29.4 Å². The molecule has 0 saturated carbocycles. The highest BCUT2D eigenvalue weighted by Crippen LogP contribution is 2.26. The molecule has 110 valence electrons. The second kappa shape index (κ2) is 5.18. The maximum absolute atomic E-state index is 12.9. The Hall–Kier alpha value is -2.26. The van der Waals surface area contributed by atoms with Gasteiger partial charge in [0.15, 0.2) is 5.82 Å². The highest BCUT2D eigenvalue weighted by atomic mass is 32.1. The fourth-order valence-corrected chi connectivity index (χ4v) is 3.58. The number of fused-ring (bicyclic) bond motifs is 1. The largest absolute Gasteiger partial charge is 0.235 e. The van der Waals surface area contributed by atoms with Crippen LogP contribution < -0.4 is 0 Å². The topological polar surface area (TPSA) is 68.9 Å². The minimum Gasteiger partial charge on any atom is -0.207 e. The van der Waals surface area contributed by atoms with Crippen LogP contribution in [0, 0.1) is 12.7 Å². The summed E-state index contributed by atoms with van der Waals surface area (Å²) in [6, 6.07) is 6.42. The molecule has 0 saturated heterocycles. The molecule has 0 N–H and O–H groups in total. The maximum Gasteiger partial charge on any atom is 0.235 e. The van der Waals surface area contributed by atoms with Crippen molar-refractivity contribution < 1.29 is 4.39 Å². The summed E-state index contributed by atoms with van der Waals surface area (Å²) in [6.07, 6.45) is 0.633. The zero-order valence-electron chi connectivity index (χ0n) is 11.4. The van der Waals surface area contributed by atoms with Gasteiger partial charge in [-0.2, -0.15) is 9.61 Å². The van der Waals surface area contributed by atoms with Crippen LogP contribution in [0.25, 0.3) is 15.7 Å². The third-order valence-electron chi connectivity index (χ3n) is 3.16. The average molecular weight is 332 g/mol. The lowest BCUT2D eigenvalue weighted by Gasteiger charge is -1.97. The van der Waals surface area contributed by atoms with Crippen molar-refractivity contribution in [1.29, 1.82) is 0 Å². The molecule has 0 unspecified atom stereocenters. The number of nitrogens with zero attached hydrogens (tertiary/aromatic N) is 6. The van der Waals surface area contributed by atoms with E-state index >= 15 is 0 Å². The Bertz CT molecular complexity index is 939. The Balaban J connectivity index is 1.71. The third kappa shape index (κ3) is 2.28. The van der Waals surface area contributed by atoms with E-state index in [1.165, 1.54) is 35.0 Å². The second-order valence-corrected chi connectivity index (χ2v) is 6.50. The van der Waals surface area contributed by atoms with Crippen LogP contribution in [0.1, 0.15) is 16.3 Å². The monoisotopic (exact) mass is 332 g/mol. The molecule has 4 rings (SSSR count). The normalized spacial score (nSPS) is 11.4. The summed E-state index contributed by atoms with van der Waals surface area (Å²) in [7, 11) is 0. The van der Waals surface area contributed by atoms with Crippen LogP contribution in [0.2, 0.25) is 0 Å². The first kappa shape index (κ1) is 13.4. The van der Waals surface area contributed by atoms with Crippen LogP contribution >= 0.6 is 22.9 Å². The molecule has 0 spiro atoms. The van der Waals surface area contributed by atoms with Gasteiger partial charge in [-0.1, -0.05) is 28.0 Å². The van der Waals surface area contributed by atoms with Gasteiger partial charge in [0.1, 0.15) is 15.7 Å². The van der Waals surface area contributed by atoms with Crippen molar-refractivity contribution in [2.24, 2.45) is 0 Å². The summed E-state index contributed by atoms with van der Waals surface area (Å²) < 4.78 is 18.6. The van der Waals surface area contributed by atoms with Crippen LogP contribution in [0.15, 0.2) is 24.3 Å². The number of aryl methyl sites for hydroxylation is 1. The SMILES string of the molecule is Cc1nnsc1-c1nnc2sc(Cc3ccc(F)cc3)nn12. The first-order valence-corrected chi connectivity index (χ1v) is 8.04. The Kier molecular flexibility index (Phi) is 3.16. The van der Waals surface area contributed by atoms with Gasteiger partial charge in [-0.25, -0.2) is 4.39 Å². The maximum atomic E-state index is 12.9. The van der Waals surface area contributed by atoms with E-state index in [1.54, 1.807) is 16.6 Å². The molecule has 0 atom stereocenters. The van der Waals surface area contributed by atoms with Crippen molar-refractivity contribution in [2.45, 2.75) is 13.3 Å². The first-order valence-electron chi connectivity index (χ1n) is 6.45. The summed E-state index contributed by atoms with van der Waals surface area (Å²) in [5.41, 5.74) is 1.82. The third-order valence-corrected chi connectivity index (χ3v) is 4.88. The van der Waals surface area contributed by atoms with Crippen molar-refractivity contribution >= 4 is 27.8 Å². The molecule has 3 aromatic heterocycles. The predicted octanol–water partition coefficient (Wildman–Crippen LogP) is 2.74. The number of halogens is 1. The molecule has 22 heavy (non-hydrogen) atoms. The molecule has 1 aromatic carbocycles. The molecule has 3 heterocycles. The van der Waals surface area contributed by atoms with E-state index in [0.717, 1.165) is 26.1 Å². The molecule has 9 heteroatoms. The minimum absolute atomic E-state index is 0.239. The molecular formula is C13H9FN6S2. The Morgan fingerprint density at radius 1 is 1.14 bits per heavy atom. The number of rotatable bonds is 3. The Morgan fingerprint density at radius 2 is 1.95 bits per heavy atom. The van der Waals surface area contributed by atoms with Crippen molar-refractivity contribution in [3.05, 3.63) is 46.3 Å². The van der Waals surface area contributed by atoms with Crippen molar-refractivity contribution in [1.82, 2.24) is 29.4 Å². The fourth-order valence-electron chi connectivity index (χ4n) is 2.08. The zero-order valence-corrected chi connectivity index (χ0v) is 13.0. The molecule has 0 amide bonds. The Morgan fingerprint density at radius 3 is 2.68 bits per heavy atom. The lowest BCUT2D eigenvalue weighted by molar-refractivity contribution is 0.627. The molecule has 0 radical (unpaired) electrons. The number of aromatic nitrogens is 6. The van der Waals surface area contributed by atoms with E-state index in [4.69, 9.17) is 0 Å². The molecule has 0 aliphatic heterocycles. The van der Waals surface area contributed by atoms with Crippen LogP contribution in [0.3, 0.4) is 0 Å². The quantitative estimate of drug-likeness (QED) is 0.577. The average Bonchev–Trinajstić information content (AvgIpc) is 3.17. The molecule has 6 nitrogen and oxygen atoms in total. The number of benzene rings is 1. The number of hydrogen-bond acceptors (Lipinski definition) is 7. The van der Waals surface area contributed by atoms with Gasteiger partial charge in [0, 0.05) is 6.42 Å². The van der Waals surface area contributed by atoms with Gasteiger partial charge >= 0.3 is 0 Å². The molecule has 0 aliphatic rings. The van der Waals surface area contributed by atoms with E-state index in [1.807, 2.05) is 6.92 Å². The van der Waals surface area contributed by atoms with Gasteiger partial charge in [0.05, 0.1) is 5.69 Å². The standard InChI is InChI=1S/C13H9FN6S2/c1-7-11(22-19-15-7)12-16-17-13-20(12)18-10(21-13)6-8-2-4-9(14)5-3-8/h2-5H,6H2,1H3. The Labute approximate surface area is 132 Å². The van der Waals surface area contributed by atoms with E-state index in [-0.39, 0.29) is 5.82 Å². The lowest BCUT2D eigenvalue weighted by Crippen LogP contribution is -1.93. The predicted molar refractivity (Wildman–Crippen MR) is 81.5 cm³/mol. The molecule has 0 fully saturated rings. The van der Waals surface area contributed by atoms with Gasteiger partial charge in [0.2, 0.25) is 4.96 Å². The van der Waals surface area contributed by atoms with E-state index in [0.29, 0.717) is 12.2 Å². The van der Waals surface area contributed by atoms with Crippen molar-refractivity contribution in [3.8, 4) is 10.7 Å². The van der Waals surface area contributed by atoms with Crippen LogP contribution in [-0.2, 0) is 6.42 Å².